The molecule has 0 unspecified atom stereocenters. The predicted molar refractivity (Wildman–Crippen MR) is 57.3 cm³/mol. The average molecular weight is 276 g/mol. The SMILES string of the molecule is O=C(O)Cn1c(C(F)(F)C(F)F)nc2ccccc21. The molecular formula is C11H8F4N2O2. The first-order chi connectivity index (χ1) is 8.84. The largest absolute Gasteiger partial charge is 0.480 e. The molecule has 2 aromatic rings. The van der Waals surface area contributed by atoms with Crippen LogP contribution >= 0.6 is 0 Å². The van der Waals surface area contributed by atoms with Crippen LogP contribution in [0.1, 0.15) is 5.82 Å². The van der Waals surface area contributed by atoms with Gasteiger partial charge in [0.15, 0.2) is 5.82 Å². The molecule has 0 radical (unpaired) electrons. The minimum atomic E-state index is -4.51. The fourth-order valence-corrected chi connectivity index (χ4v) is 1.72. The number of hydrogen-bond acceptors (Lipinski definition) is 2. The molecule has 0 amide bonds. The van der Waals surface area contributed by atoms with E-state index in [1.54, 1.807) is 0 Å². The maximum atomic E-state index is 13.4. The molecule has 1 aromatic carbocycles. The summed E-state index contributed by atoms with van der Waals surface area (Å²) < 4.78 is 52.2. The first-order valence-electron chi connectivity index (χ1n) is 5.17. The molecule has 0 bridgehead atoms. The van der Waals surface area contributed by atoms with Crippen molar-refractivity contribution in [2.75, 3.05) is 0 Å². The molecule has 0 spiro atoms. The highest BCUT2D eigenvalue weighted by Crippen LogP contribution is 2.35. The molecule has 0 aliphatic rings. The van der Waals surface area contributed by atoms with Crippen LogP contribution in [0.4, 0.5) is 17.6 Å². The number of benzene rings is 1. The first-order valence-corrected chi connectivity index (χ1v) is 5.17. The number of nitrogens with zero attached hydrogens (tertiary/aromatic N) is 2. The molecule has 0 aliphatic heterocycles. The van der Waals surface area contributed by atoms with E-state index < -0.39 is 30.7 Å². The highest BCUT2D eigenvalue weighted by molar-refractivity contribution is 5.78. The Labute approximate surface area is 104 Å². The lowest BCUT2D eigenvalue weighted by Gasteiger charge is -2.15. The van der Waals surface area contributed by atoms with Crippen LogP contribution in [0.5, 0.6) is 0 Å². The number of hydrogen-bond donors (Lipinski definition) is 1. The van der Waals surface area contributed by atoms with E-state index in [1.807, 2.05) is 0 Å². The van der Waals surface area contributed by atoms with Crippen molar-refractivity contribution in [3.63, 3.8) is 0 Å². The first kappa shape index (κ1) is 13.3. The fourth-order valence-electron chi connectivity index (χ4n) is 1.72. The van der Waals surface area contributed by atoms with E-state index in [0.717, 1.165) is 0 Å². The summed E-state index contributed by atoms with van der Waals surface area (Å²) in [6, 6.07) is 5.66. The van der Waals surface area contributed by atoms with Gasteiger partial charge in [-0.1, -0.05) is 12.1 Å². The quantitative estimate of drug-likeness (QED) is 0.873. The second-order valence-electron chi connectivity index (χ2n) is 3.83. The van der Waals surface area contributed by atoms with Crippen molar-refractivity contribution in [1.82, 2.24) is 9.55 Å². The molecule has 0 aliphatic carbocycles. The van der Waals surface area contributed by atoms with Crippen molar-refractivity contribution in [1.29, 1.82) is 0 Å². The number of aliphatic carboxylic acids is 1. The summed E-state index contributed by atoms with van der Waals surface area (Å²) in [5.74, 6) is -7.17. The number of carboxylic acid groups (broad SMARTS) is 1. The number of rotatable bonds is 4. The topological polar surface area (TPSA) is 55.1 Å². The van der Waals surface area contributed by atoms with Gasteiger partial charge in [-0.2, -0.15) is 8.78 Å². The van der Waals surface area contributed by atoms with Gasteiger partial charge in [-0.25, -0.2) is 13.8 Å². The van der Waals surface area contributed by atoms with Gasteiger partial charge < -0.3 is 9.67 Å². The Bertz CT molecular complexity index is 624. The Kier molecular flexibility index (Phi) is 3.17. The Morgan fingerprint density at radius 1 is 1.37 bits per heavy atom. The van der Waals surface area contributed by atoms with Crippen LogP contribution in [0.15, 0.2) is 24.3 Å². The van der Waals surface area contributed by atoms with Crippen molar-refractivity contribution >= 4 is 17.0 Å². The highest BCUT2D eigenvalue weighted by atomic mass is 19.3. The van der Waals surface area contributed by atoms with Crippen LogP contribution in [-0.2, 0) is 17.3 Å². The lowest BCUT2D eigenvalue weighted by molar-refractivity contribution is -0.145. The standard InChI is InChI=1S/C11H8F4N2O2/c12-9(13)11(14,15)10-16-6-3-1-2-4-7(6)17(10)5-8(18)19/h1-4,9H,5H2,(H,18,19). The minimum absolute atomic E-state index is 0.0408. The van der Waals surface area contributed by atoms with Crippen LogP contribution < -0.4 is 0 Å². The maximum Gasteiger partial charge on any atom is 0.364 e. The second-order valence-corrected chi connectivity index (χ2v) is 3.83. The summed E-state index contributed by atoms with van der Waals surface area (Å²) in [5, 5.41) is 8.69. The van der Waals surface area contributed by atoms with E-state index in [9.17, 15) is 22.4 Å². The molecule has 0 atom stereocenters. The lowest BCUT2D eigenvalue weighted by atomic mass is 10.3. The molecule has 0 saturated heterocycles. The smallest absolute Gasteiger partial charge is 0.364 e. The number of halogens is 4. The van der Waals surface area contributed by atoms with Crippen molar-refractivity contribution in [3.05, 3.63) is 30.1 Å². The number of carboxylic acids is 1. The van der Waals surface area contributed by atoms with E-state index in [2.05, 4.69) is 4.98 Å². The summed E-state index contributed by atoms with van der Waals surface area (Å²) in [6.07, 6.45) is -3.96. The van der Waals surface area contributed by atoms with E-state index in [-0.39, 0.29) is 11.0 Å². The third kappa shape index (κ3) is 2.25. The third-order valence-electron chi connectivity index (χ3n) is 2.52. The van der Waals surface area contributed by atoms with Crippen molar-refractivity contribution in [2.45, 2.75) is 18.9 Å². The van der Waals surface area contributed by atoms with Gasteiger partial charge in [-0.05, 0) is 12.1 Å². The zero-order chi connectivity index (χ0) is 14.2. The van der Waals surface area contributed by atoms with E-state index >= 15 is 0 Å². The van der Waals surface area contributed by atoms with Gasteiger partial charge in [0.2, 0.25) is 0 Å². The molecule has 8 heteroatoms. The molecule has 4 nitrogen and oxygen atoms in total. The zero-order valence-electron chi connectivity index (χ0n) is 9.36. The van der Waals surface area contributed by atoms with Crippen molar-refractivity contribution < 1.29 is 27.5 Å². The van der Waals surface area contributed by atoms with E-state index in [4.69, 9.17) is 5.11 Å². The second kappa shape index (κ2) is 4.52. The highest BCUT2D eigenvalue weighted by Gasteiger charge is 2.47. The number of imidazole rings is 1. The van der Waals surface area contributed by atoms with Crippen LogP contribution in [0, 0.1) is 0 Å². The summed E-state index contributed by atoms with van der Waals surface area (Å²) in [4.78, 5) is 14.1. The zero-order valence-corrected chi connectivity index (χ0v) is 9.36. The van der Waals surface area contributed by atoms with Gasteiger partial charge in [0.1, 0.15) is 6.54 Å². The maximum absolute atomic E-state index is 13.4. The molecule has 0 saturated carbocycles. The molecular weight excluding hydrogens is 268 g/mol. The molecule has 1 aromatic heterocycles. The summed E-state index contributed by atoms with van der Waals surface area (Å²) in [7, 11) is 0. The molecule has 102 valence electrons. The van der Waals surface area contributed by atoms with Gasteiger partial charge in [-0.3, -0.25) is 4.79 Å². The van der Waals surface area contributed by atoms with Crippen LogP contribution in [0.25, 0.3) is 11.0 Å². The van der Waals surface area contributed by atoms with Crippen molar-refractivity contribution in [3.8, 4) is 0 Å². The summed E-state index contributed by atoms with van der Waals surface area (Å²) in [6.45, 7) is -0.863. The van der Waals surface area contributed by atoms with Gasteiger partial charge >= 0.3 is 18.3 Å². The lowest BCUT2D eigenvalue weighted by Crippen LogP contribution is -2.29. The number of aromatic nitrogens is 2. The summed E-state index contributed by atoms with van der Waals surface area (Å²) in [5.41, 5.74) is 0.110. The molecule has 2 rings (SSSR count). The molecule has 1 N–H and O–H groups in total. The number of para-hydroxylation sites is 2. The van der Waals surface area contributed by atoms with E-state index in [1.165, 1.54) is 24.3 Å². The Balaban J connectivity index is 2.69. The number of fused-ring (bicyclic) bond motifs is 1. The average Bonchev–Trinajstić information content (AvgIpc) is 2.68. The molecule has 0 fully saturated rings. The van der Waals surface area contributed by atoms with Gasteiger partial charge in [0.05, 0.1) is 11.0 Å². The van der Waals surface area contributed by atoms with E-state index in [0.29, 0.717) is 4.57 Å². The van der Waals surface area contributed by atoms with Crippen LogP contribution in [0.2, 0.25) is 0 Å². The third-order valence-corrected chi connectivity index (χ3v) is 2.52. The van der Waals surface area contributed by atoms with Crippen LogP contribution in [-0.4, -0.2) is 27.1 Å². The predicted octanol–water partition coefficient (Wildman–Crippen LogP) is 2.48. The molecule has 1 heterocycles. The van der Waals surface area contributed by atoms with Gasteiger partial charge in [0, 0.05) is 0 Å². The van der Waals surface area contributed by atoms with Crippen molar-refractivity contribution in [2.24, 2.45) is 0 Å². The monoisotopic (exact) mass is 276 g/mol. The fraction of sp³-hybridized carbons (Fsp3) is 0.273. The Morgan fingerprint density at radius 2 is 2.00 bits per heavy atom. The normalized spacial score (nSPS) is 12.3. The van der Waals surface area contributed by atoms with Gasteiger partial charge in [-0.15, -0.1) is 0 Å². The van der Waals surface area contributed by atoms with Gasteiger partial charge in [0.25, 0.3) is 0 Å². The Morgan fingerprint density at radius 3 is 2.58 bits per heavy atom. The number of carbonyl (C=O) groups is 1. The Hall–Kier alpha value is -2.12. The van der Waals surface area contributed by atoms with Crippen LogP contribution in [0.3, 0.4) is 0 Å². The summed E-state index contributed by atoms with van der Waals surface area (Å²) >= 11 is 0. The molecule has 19 heavy (non-hydrogen) atoms. The number of alkyl halides is 4. The minimum Gasteiger partial charge on any atom is -0.480 e.